The topological polar surface area (TPSA) is 53.6 Å². The minimum atomic E-state index is -0.753. The Hall–Kier alpha value is -1.10. The average molecular weight is 224 g/mol. The van der Waals surface area contributed by atoms with E-state index in [1.54, 1.807) is 12.1 Å². The molecule has 0 aromatic carbocycles. The van der Waals surface area contributed by atoms with Crippen LogP contribution in [-0.4, -0.2) is 10.2 Å². The summed E-state index contributed by atoms with van der Waals surface area (Å²) >= 11 is 1.48. The fourth-order valence-corrected chi connectivity index (χ4v) is 2.13. The largest absolute Gasteiger partial charge is 0.467 e. The van der Waals surface area contributed by atoms with Gasteiger partial charge in [-0.3, -0.25) is 0 Å². The fraction of sp³-hybridized carbons (Fsp3) is 0.273. The highest BCUT2D eigenvalue weighted by Gasteiger charge is 2.17. The molecule has 2 rings (SSSR count). The number of hydrogen-bond donors (Lipinski definition) is 2. The lowest BCUT2D eigenvalue weighted by Gasteiger charge is -2.12. The molecule has 0 aliphatic rings. The third-order valence-corrected chi connectivity index (χ3v) is 3.16. The van der Waals surface area contributed by atoms with Crippen LogP contribution < -0.4 is 0 Å². The summed E-state index contributed by atoms with van der Waals surface area (Å²) in [6, 6.07) is 7.15. The number of hydrogen-bond acceptors (Lipinski definition) is 4. The summed E-state index contributed by atoms with van der Waals surface area (Å²) in [7, 11) is 0. The van der Waals surface area contributed by atoms with Gasteiger partial charge in [0.15, 0.2) is 0 Å². The van der Waals surface area contributed by atoms with Gasteiger partial charge < -0.3 is 14.6 Å². The predicted octanol–water partition coefficient (Wildman–Crippen LogP) is 2.50. The third-order valence-electron chi connectivity index (χ3n) is 2.19. The Morgan fingerprint density at radius 1 is 1.20 bits per heavy atom. The summed E-state index contributed by atoms with van der Waals surface area (Å²) in [4.78, 5) is 0.862. The minimum absolute atomic E-state index is 0.258. The highest BCUT2D eigenvalue weighted by molar-refractivity contribution is 7.10. The molecule has 4 heteroatoms. The van der Waals surface area contributed by atoms with Gasteiger partial charge in [-0.25, -0.2) is 0 Å². The lowest BCUT2D eigenvalue weighted by Crippen LogP contribution is -2.03. The zero-order valence-corrected chi connectivity index (χ0v) is 8.85. The molecule has 2 atom stereocenters. The molecular weight excluding hydrogens is 212 g/mol. The lowest BCUT2D eigenvalue weighted by molar-refractivity contribution is 0.0689. The molecule has 80 valence electrons. The standard InChI is InChI=1S/C11H12O3S/c12-8(10-3-1-5-14-10)7-9(13)11-4-2-6-15-11/h1-6,8-9,12-13H,7H2. The Morgan fingerprint density at radius 2 is 2.07 bits per heavy atom. The maximum atomic E-state index is 9.79. The van der Waals surface area contributed by atoms with Gasteiger partial charge in [-0.15, -0.1) is 11.3 Å². The summed E-state index contributed by atoms with van der Waals surface area (Å²) in [5, 5.41) is 21.4. The first-order valence-corrected chi connectivity index (χ1v) is 5.58. The van der Waals surface area contributed by atoms with Crippen molar-refractivity contribution in [2.45, 2.75) is 18.6 Å². The van der Waals surface area contributed by atoms with Crippen LogP contribution in [0.15, 0.2) is 40.3 Å². The Bertz CT molecular complexity index is 342. The van der Waals surface area contributed by atoms with Crippen molar-refractivity contribution in [2.24, 2.45) is 0 Å². The second-order valence-electron chi connectivity index (χ2n) is 3.30. The molecule has 3 nitrogen and oxygen atoms in total. The van der Waals surface area contributed by atoms with Crippen molar-refractivity contribution in [1.29, 1.82) is 0 Å². The van der Waals surface area contributed by atoms with Crippen LogP contribution in [-0.2, 0) is 0 Å². The molecule has 2 aromatic heterocycles. The van der Waals surface area contributed by atoms with Gasteiger partial charge in [0.25, 0.3) is 0 Å². The van der Waals surface area contributed by atoms with Crippen LogP contribution in [0.2, 0.25) is 0 Å². The highest BCUT2D eigenvalue weighted by atomic mass is 32.1. The van der Waals surface area contributed by atoms with Gasteiger partial charge in [-0.05, 0) is 23.6 Å². The summed E-state index contributed by atoms with van der Waals surface area (Å²) in [5.74, 6) is 0.491. The van der Waals surface area contributed by atoms with Crippen LogP contribution in [0.1, 0.15) is 29.3 Å². The first kappa shape index (κ1) is 10.4. The van der Waals surface area contributed by atoms with Crippen molar-refractivity contribution in [3.8, 4) is 0 Å². The van der Waals surface area contributed by atoms with Crippen molar-refractivity contribution in [2.75, 3.05) is 0 Å². The van der Waals surface area contributed by atoms with Crippen LogP contribution in [0.3, 0.4) is 0 Å². The van der Waals surface area contributed by atoms with Crippen LogP contribution in [0.25, 0.3) is 0 Å². The molecule has 0 spiro atoms. The van der Waals surface area contributed by atoms with E-state index in [0.29, 0.717) is 5.76 Å². The molecule has 0 amide bonds. The Labute approximate surface area is 91.6 Å². The average Bonchev–Trinajstić information content (AvgIpc) is 2.91. The molecule has 2 aromatic rings. The maximum absolute atomic E-state index is 9.79. The molecule has 2 unspecified atom stereocenters. The lowest BCUT2D eigenvalue weighted by atomic mass is 10.1. The molecule has 0 fully saturated rings. The van der Waals surface area contributed by atoms with E-state index < -0.39 is 12.2 Å². The molecule has 0 bridgehead atoms. The SMILES string of the molecule is OC(CC(O)c1cccs1)c1ccco1. The van der Waals surface area contributed by atoms with Gasteiger partial charge in [0.05, 0.1) is 12.4 Å². The van der Waals surface area contributed by atoms with E-state index in [0.717, 1.165) is 4.88 Å². The first-order chi connectivity index (χ1) is 7.27. The zero-order valence-electron chi connectivity index (χ0n) is 8.04. The van der Waals surface area contributed by atoms with Crippen molar-refractivity contribution in [3.05, 3.63) is 46.5 Å². The third kappa shape index (κ3) is 2.47. The predicted molar refractivity (Wildman–Crippen MR) is 57.6 cm³/mol. The normalized spacial score (nSPS) is 15.1. The molecule has 0 radical (unpaired) electrons. The minimum Gasteiger partial charge on any atom is -0.467 e. The Morgan fingerprint density at radius 3 is 2.67 bits per heavy atom. The number of rotatable bonds is 4. The molecular formula is C11H12O3S. The molecule has 2 N–H and O–H groups in total. The van der Waals surface area contributed by atoms with Crippen LogP contribution >= 0.6 is 11.3 Å². The van der Waals surface area contributed by atoms with Crippen molar-refractivity contribution < 1.29 is 14.6 Å². The fourth-order valence-electron chi connectivity index (χ4n) is 1.41. The quantitative estimate of drug-likeness (QED) is 0.839. The van der Waals surface area contributed by atoms with Gasteiger partial charge in [-0.1, -0.05) is 6.07 Å². The summed E-state index contributed by atoms with van der Waals surface area (Å²) in [6.07, 6.45) is 0.381. The van der Waals surface area contributed by atoms with Crippen LogP contribution in [0.4, 0.5) is 0 Å². The second kappa shape index (κ2) is 4.61. The molecule has 0 aliphatic carbocycles. The number of furan rings is 1. The first-order valence-electron chi connectivity index (χ1n) is 4.70. The summed E-state index contributed by atoms with van der Waals surface area (Å²) in [6.45, 7) is 0. The smallest absolute Gasteiger partial charge is 0.132 e. The van der Waals surface area contributed by atoms with Gasteiger partial charge in [-0.2, -0.15) is 0 Å². The van der Waals surface area contributed by atoms with Crippen molar-refractivity contribution in [3.63, 3.8) is 0 Å². The van der Waals surface area contributed by atoms with Gasteiger partial charge >= 0.3 is 0 Å². The zero-order chi connectivity index (χ0) is 10.7. The number of aliphatic hydroxyl groups excluding tert-OH is 2. The van der Waals surface area contributed by atoms with Gasteiger partial charge in [0.1, 0.15) is 11.9 Å². The monoisotopic (exact) mass is 224 g/mol. The second-order valence-corrected chi connectivity index (χ2v) is 4.28. The van der Waals surface area contributed by atoms with E-state index in [4.69, 9.17) is 4.42 Å². The summed E-state index contributed by atoms with van der Waals surface area (Å²) in [5.41, 5.74) is 0. The number of thiophene rings is 1. The van der Waals surface area contributed by atoms with E-state index in [-0.39, 0.29) is 6.42 Å². The molecule has 2 heterocycles. The van der Waals surface area contributed by atoms with Crippen LogP contribution in [0, 0.1) is 0 Å². The molecule has 15 heavy (non-hydrogen) atoms. The molecule has 0 saturated heterocycles. The van der Waals surface area contributed by atoms with Gasteiger partial charge in [0.2, 0.25) is 0 Å². The van der Waals surface area contributed by atoms with Crippen molar-refractivity contribution in [1.82, 2.24) is 0 Å². The molecule has 0 saturated carbocycles. The van der Waals surface area contributed by atoms with Crippen molar-refractivity contribution >= 4 is 11.3 Å². The van der Waals surface area contributed by atoms with Gasteiger partial charge in [0, 0.05) is 11.3 Å². The van der Waals surface area contributed by atoms with E-state index in [1.165, 1.54) is 17.6 Å². The highest BCUT2D eigenvalue weighted by Crippen LogP contribution is 2.28. The Kier molecular flexibility index (Phi) is 3.20. The summed E-state index contributed by atoms with van der Waals surface area (Å²) < 4.78 is 5.06. The van der Waals surface area contributed by atoms with E-state index in [9.17, 15) is 10.2 Å². The Balaban J connectivity index is 1.98. The maximum Gasteiger partial charge on any atom is 0.132 e. The van der Waals surface area contributed by atoms with E-state index in [2.05, 4.69) is 0 Å². The molecule has 0 aliphatic heterocycles. The van der Waals surface area contributed by atoms with Crippen LogP contribution in [0.5, 0.6) is 0 Å². The number of aliphatic hydroxyl groups is 2. The van der Waals surface area contributed by atoms with E-state index in [1.807, 2.05) is 17.5 Å². The van der Waals surface area contributed by atoms with E-state index >= 15 is 0 Å².